The summed E-state index contributed by atoms with van der Waals surface area (Å²) >= 11 is 0. The summed E-state index contributed by atoms with van der Waals surface area (Å²) < 4.78 is 0. The molecule has 0 spiro atoms. The Morgan fingerprint density at radius 1 is 1.22 bits per heavy atom. The predicted molar refractivity (Wildman–Crippen MR) is 43.9 cm³/mol. The van der Waals surface area contributed by atoms with Crippen molar-refractivity contribution in [3.05, 3.63) is 34.9 Å². The topological polar surface area (TPSA) is 14.1 Å². The van der Waals surface area contributed by atoms with E-state index >= 15 is 0 Å². The van der Waals surface area contributed by atoms with Crippen LogP contribution in [-0.4, -0.2) is 0 Å². The number of aryl methyl sites for hydroxylation is 1. The Hall–Kier alpha value is -0.550. The van der Waals surface area contributed by atoms with Gasteiger partial charge in [-0.25, -0.2) is 9.39 Å². The molecule has 0 aliphatic heterocycles. The van der Waals surface area contributed by atoms with E-state index in [9.17, 15) is 0 Å². The zero-order valence-electron chi connectivity index (χ0n) is 5.33. The van der Waals surface area contributed by atoms with Gasteiger partial charge >= 0.3 is 0 Å². The molecule has 1 atom stereocenters. The molecule has 0 fully saturated rings. The van der Waals surface area contributed by atoms with Crippen molar-refractivity contribution < 1.29 is 0 Å². The van der Waals surface area contributed by atoms with Crippen molar-refractivity contribution in [3.8, 4) is 0 Å². The second-order valence-corrected chi connectivity index (χ2v) is 2.22. The minimum absolute atomic E-state index is 1.01. The molecule has 0 saturated carbocycles. The predicted octanol–water partition coefficient (Wildman–Crippen LogP) is 2.79. The molecule has 1 unspecified atom stereocenters. The molecule has 48 valence electrons. The summed E-state index contributed by atoms with van der Waals surface area (Å²) in [5, 5.41) is 3.93. The molecule has 0 radical (unpaired) electrons. The van der Waals surface area contributed by atoms with Gasteiger partial charge < -0.3 is 5.09 Å². The van der Waals surface area contributed by atoms with Gasteiger partial charge in [-0.15, -0.1) is 5.69 Å². The highest BCUT2D eigenvalue weighted by molar-refractivity contribution is 7.21. The van der Waals surface area contributed by atoms with E-state index in [1.807, 2.05) is 24.3 Å². The van der Waals surface area contributed by atoms with E-state index in [4.69, 9.17) is 0 Å². The van der Waals surface area contributed by atoms with E-state index in [1.54, 1.807) is 0 Å². The van der Waals surface area contributed by atoms with Crippen LogP contribution in [0.3, 0.4) is 0 Å². The van der Waals surface area contributed by atoms with Crippen LogP contribution >= 0.6 is 9.39 Å². The van der Waals surface area contributed by atoms with Crippen molar-refractivity contribution in [2.75, 3.05) is 0 Å². The lowest BCUT2D eigenvalue weighted by molar-refractivity contribution is 1.48. The normalized spacial score (nSPS) is 9.11. The average molecular weight is 138 g/mol. The molecule has 1 nitrogen and oxygen atoms in total. The highest BCUT2D eigenvalue weighted by atomic mass is 31.0. The van der Waals surface area contributed by atoms with Gasteiger partial charge in [0.25, 0.3) is 0 Å². The highest BCUT2D eigenvalue weighted by Gasteiger charge is 1.77. The van der Waals surface area contributed by atoms with Gasteiger partial charge in [-0.3, -0.25) is 0 Å². The molecule has 1 aromatic carbocycles. The molecule has 0 saturated heterocycles. The molecule has 1 rings (SSSR count). The number of hydrogen-bond acceptors (Lipinski definition) is 0. The van der Waals surface area contributed by atoms with Gasteiger partial charge in [-0.1, -0.05) is 29.8 Å². The van der Waals surface area contributed by atoms with Gasteiger partial charge in [0.2, 0.25) is 0 Å². The molecule has 1 aromatic rings. The summed E-state index contributed by atoms with van der Waals surface area (Å²) in [5.74, 6) is 0. The van der Waals surface area contributed by atoms with Crippen molar-refractivity contribution in [2.45, 2.75) is 6.92 Å². The summed E-state index contributed by atoms with van der Waals surface area (Å²) in [4.78, 5) is 0. The Labute approximate surface area is 57.7 Å². The first-order chi connectivity index (χ1) is 4.33. The number of rotatable bonds is 1. The minimum Gasteiger partial charge on any atom is -0.665 e. The van der Waals surface area contributed by atoms with E-state index in [2.05, 4.69) is 21.4 Å². The Morgan fingerprint density at radius 2 is 1.78 bits per heavy atom. The Bertz CT molecular complexity index is 181. The molecular formula is C7H9NP-. The molecular weight excluding hydrogens is 129 g/mol. The van der Waals surface area contributed by atoms with E-state index in [0.717, 1.165) is 5.69 Å². The Balaban J connectivity index is 2.88. The molecule has 0 bridgehead atoms. The lowest BCUT2D eigenvalue weighted by Gasteiger charge is -2.12. The van der Waals surface area contributed by atoms with Crippen LogP contribution in [0.15, 0.2) is 24.3 Å². The van der Waals surface area contributed by atoms with Gasteiger partial charge in [0, 0.05) is 0 Å². The minimum atomic E-state index is 1.01. The van der Waals surface area contributed by atoms with Crippen molar-refractivity contribution >= 4 is 15.1 Å². The zero-order valence-corrected chi connectivity index (χ0v) is 6.49. The molecule has 0 aliphatic carbocycles. The van der Waals surface area contributed by atoms with E-state index < -0.39 is 0 Å². The fourth-order valence-corrected chi connectivity index (χ4v) is 0.803. The van der Waals surface area contributed by atoms with Crippen LogP contribution in [0.2, 0.25) is 0 Å². The smallest absolute Gasteiger partial charge is 0.0398 e. The first-order valence-corrected chi connectivity index (χ1v) is 3.32. The maximum Gasteiger partial charge on any atom is -0.0398 e. The van der Waals surface area contributed by atoms with Gasteiger partial charge in [-0.2, -0.15) is 0 Å². The molecule has 0 heterocycles. The van der Waals surface area contributed by atoms with Crippen LogP contribution in [0, 0.1) is 6.92 Å². The Morgan fingerprint density at radius 3 is 2.22 bits per heavy atom. The monoisotopic (exact) mass is 138 g/mol. The fraction of sp³-hybridized carbons (Fsp3) is 0.143. The third kappa shape index (κ3) is 1.69. The van der Waals surface area contributed by atoms with Crippen LogP contribution < -0.4 is 0 Å². The first-order valence-electron chi connectivity index (χ1n) is 2.80. The fourth-order valence-electron chi connectivity index (χ4n) is 0.631. The van der Waals surface area contributed by atoms with Crippen molar-refractivity contribution in [1.82, 2.24) is 0 Å². The van der Waals surface area contributed by atoms with Gasteiger partial charge in [0.05, 0.1) is 0 Å². The van der Waals surface area contributed by atoms with Crippen molar-refractivity contribution in [1.29, 1.82) is 0 Å². The maximum absolute atomic E-state index is 3.93. The lowest BCUT2D eigenvalue weighted by Crippen LogP contribution is -1.66. The van der Waals surface area contributed by atoms with E-state index in [-0.39, 0.29) is 0 Å². The Kier molecular flexibility index (Phi) is 2.07. The third-order valence-electron chi connectivity index (χ3n) is 1.18. The molecule has 0 aliphatic rings. The number of nitrogens with zero attached hydrogens (tertiary/aromatic N) is 1. The van der Waals surface area contributed by atoms with E-state index in [0.29, 0.717) is 0 Å². The molecule has 2 heteroatoms. The van der Waals surface area contributed by atoms with Gasteiger partial charge in [-0.05, 0) is 6.92 Å². The maximum atomic E-state index is 3.93. The van der Waals surface area contributed by atoms with Crippen LogP contribution in [0.4, 0.5) is 5.69 Å². The second kappa shape index (κ2) is 2.84. The molecule has 9 heavy (non-hydrogen) atoms. The lowest BCUT2D eigenvalue weighted by atomic mass is 10.2. The van der Waals surface area contributed by atoms with Crippen LogP contribution in [-0.2, 0) is 0 Å². The molecule has 0 aromatic heterocycles. The third-order valence-corrected chi connectivity index (χ3v) is 1.48. The summed E-state index contributed by atoms with van der Waals surface area (Å²) in [7, 11) is 2.33. The highest BCUT2D eigenvalue weighted by Crippen LogP contribution is 2.21. The number of benzene rings is 1. The van der Waals surface area contributed by atoms with Crippen molar-refractivity contribution in [2.24, 2.45) is 0 Å². The van der Waals surface area contributed by atoms with Crippen LogP contribution in [0.1, 0.15) is 5.56 Å². The summed E-state index contributed by atoms with van der Waals surface area (Å²) in [5.41, 5.74) is 2.28. The summed E-state index contributed by atoms with van der Waals surface area (Å²) in [6.07, 6.45) is 0. The summed E-state index contributed by atoms with van der Waals surface area (Å²) in [6, 6.07) is 8.07. The van der Waals surface area contributed by atoms with Crippen LogP contribution in [0.25, 0.3) is 5.09 Å². The van der Waals surface area contributed by atoms with Crippen molar-refractivity contribution in [3.63, 3.8) is 0 Å². The second-order valence-electron chi connectivity index (χ2n) is 1.96. The van der Waals surface area contributed by atoms with Gasteiger partial charge in [0.1, 0.15) is 0 Å². The molecule has 0 amide bonds. The van der Waals surface area contributed by atoms with Crippen LogP contribution in [0.5, 0.6) is 0 Å². The van der Waals surface area contributed by atoms with Gasteiger partial charge in [0.15, 0.2) is 0 Å². The van der Waals surface area contributed by atoms with E-state index in [1.165, 1.54) is 5.56 Å². The zero-order chi connectivity index (χ0) is 6.69. The largest absolute Gasteiger partial charge is 0.665 e. The SMILES string of the molecule is Cc1ccc([N-]P)cc1. The summed E-state index contributed by atoms with van der Waals surface area (Å²) in [6.45, 7) is 2.06. The molecule has 0 N–H and O–H groups in total. The quantitative estimate of drug-likeness (QED) is 0.530. The number of hydrogen-bond donors (Lipinski definition) is 0. The average Bonchev–Trinajstić information content (AvgIpc) is 1.90. The first kappa shape index (κ1) is 6.57. The standard InChI is InChI=1S/C7H9NP/c1-6-2-4-7(8-9)5-3-6/h2-5H,9H2,1H3/q-1.